The van der Waals surface area contributed by atoms with Crippen molar-refractivity contribution in [3.8, 4) is 0 Å². The summed E-state index contributed by atoms with van der Waals surface area (Å²) >= 11 is 6.08. The van der Waals surface area contributed by atoms with Gasteiger partial charge in [0.25, 0.3) is 0 Å². The van der Waals surface area contributed by atoms with Crippen molar-refractivity contribution in [1.29, 1.82) is 0 Å². The number of rotatable bonds is 3. The van der Waals surface area contributed by atoms with Gasteiger partial charge >= 0.3 is 0 Å². The van der Waals surface area contributed by atoms with Crippen LogP contribution in [0.25, 0.3) is 10.9 Å². The fourth-order valence-corrected chi connectivity index (χ4v) is 2.90. The van der Waals surface area contributed by atoms with Gasteiger partial charge in [0.2, 0.25) is 0 Å². The van der Waals surface area contributed by atoms with Gasteiger partial charge in [0.15, 0.2) is 0 Å². The number of hydrogen-bond donors (Lipinski definition) is 1. The molecule has 0 saturated carbocycles. The third-order valence-electron chi connectivity index (χ3n) is 3.85. The summed E-state index contributed by atoms with van der Waals surface area (Å²) < 4.78 is 1.90. The summed E-state index contributed by atoms with van der Waals surface area (Å²) in [5.74, 6) is 0. The molecule has 4 heteroatoms. The Hall–Kier alpha value is -1.84. The zero-order valence-corrected chi connectivity index (χ0v) is 12.9. The van der Waals surface area contributed by atoms with Gasteiger partial charge in [-0.25, -0.2) is 0 Å². The first kappa shape index (κ1) is 14.1. The minimum Gasteiger partial charge on any atom is -0.321 e. The fraction of sp³-hybridized carbons (Fsp3) is 0.235. The number of fused-ring (bicyclic) bond motifs is 1. The average molecular weight is 300 g/mol. The summed E-state index contributed by atoms with van der Waals surface area (Å²) in [6.07, 6.45) is 0.661. The molecule has 0 radical (unpaired) electrons. The van der Waals surface area contributed by atoms with Crippen molar-refractivity contribution in [2.24, 2.45) is 12.8 Å². The van der Waals surface area contributed by atoms with E-state index in [9.17, 15) is 0 Å². The molecule has 2 N–H and O–H groups in total. The molecule has 3 aromatic rings. The van der Waals surface area contributed by atoms with Crippen molar-refractivity contribution in [3.63, 3.8) is 0 Å². The highest BCUT2D eigenvalue weighted by Crippen LogP contribution is 2.27. The second kappa shape index (κ2) is 5.17. The van der Waals surface area contributed by atoms with Gasteiger partial charge < -0.3 is 5.73 Å². The molecule has 3 nitrogen and oxygen atoms in total. The molecular weight excluding hydrogens is 282 g/mol. The lowest BCUT2D eigenvalue weighted by Gasteiger charge is -2.24. The molecule has 1 heterocycles. The summed E-state index contributed by atoms with van der Waals surface area (Å²) in [4.78, 5) is 0. The Bertz CT molecular complexity index is 790. The molecule has 0 spiro atoms. The Morgan fingerprint density at radius 3 is 2.71 bits per heavy atom. The van der Waals surface area contributed by atoms with Crippen LogP contribution in [-0.4, -0.2) is 9.78 Å². The molecule has 0 fully saturated rings. The Balaban J connectivity index is 2.01. The minimum atomic E-state index is -0.512. The highest BCUT2D eigenvalue weighted by molar-refractivity contribution is 6.30. The maximum absolute atomic E-state index is 6.53. The first-order valence-corrected chi connectivity index (χ1v) is 7.31. The molecule has 0 aliphatic carbocycles. The second-order valence-corrected chi connectivity index (χ2v) is 6.13. The summed E-state index contributed by atoms with van der Waals surface area (Å²) in [6.45, 7) is 2.02. The van der Waals surface area contributed by atoms with Gasteiger partial charge in [0.1, 0.15) is 0 Å². The third kappa shape index (κ3) is 2.67. The van der Waals surface area contributed by atoms with Crippen LogP contribution < -0.4 is 5.73 Å². The molecule has 1 aromatic heterocycles. The molecule has 3 rings (SSSR count). The lowest BCUT2D eigenvalue weighted by atomic mass is 9.88. The predicted molar refractivity (Wildman–Crippen MR) is 87.4 cm³/mol. The number of hydrogen-bond acceptors (Lipinski definition) is 2. The molecule has 21 heavy (non-hydrogen) atoms. The molecule has 0 aliphatic heterocycles. The highest BCUT2D eigenvalue weighted by Gasteiger charge is 2.24. The Morgan fingerprint density at radius 2 is 1.95 bits per heavy atom. The summed E-state index contributed by atoms with van der Waals surface area (Å²) in [7, 11) is 1.96. The molecule has 1 atom stereocenters. The molecule has 108 valence electrons. The van der Waals surface area contributed by atoms with E-state index >= 15 is 0 Å². The van der Waals surface area contributed by atoms with Crippen LogP contribution in [0.4, 0.5) is 0 Å². The van der Waals surface area contributed by atoms with Crippen LogP contribution in [0.3, 0.4) is 0 Å². The topological polar surface area (TPSA) is 43.8 Å². The van der Waals surface area contributed by atoms with Crippen molar-refractivity contribution >= 4 is 22.5 Å². The van der Waals surface area contributed by atoms with Gasteiger partial charge in [0.05, 0.1) is 11.2 Å². The maximum Gasteiger partial charge on any atom is 0.0724 e. The Kier molecular flexibility index (Phi) is 3.47. The predicted octanol–water partition coefficient (Wildman–Crippen LogP) is 3.64. The van der Waals surface area contributed by atoms with E-state index in [1.807, 2.05) is 55.1 Å². The minimum absolute atomic E-state index is 0.512. The molecule has 1 unspecified atom stereocenters. The molecule has 0 bridgehead atoms. The van der Waals surface area contributed by atoms with Crippen LogP contribution in [0.1, 0.15) is 18.2 Å². The van der Waals surface area contributed by atoms with Crippen molar-refractivity contribution in [2.45, 2.75) is 18.9 Å². The van der Waals surface area contributed by atoms with Gasteiger partial charge in [-0.15, -0.1) is 0 Å². The average Bonchev–Trinajstić information content (AvgIpc) is 2.75. The molecule has 0 amide bonds. The number of para-hydroxylation sites is 1. The van der Waals surface area contributed by atoms with E-state index in [0.717, 1.165) is 22.2 Å². The number of aryl methyl sites for hydroxylation is 1. The van der Waals surface area contributed by atoms with Crippen molar-refractivity contribution < 1.29 is 0 Å². The normalized spacial score (nSPS) is 14.3. The summed E-state index contributed by atoms with van der Waals surface area (Å²) in [5, 5.41) is 6.48. The lowest BCUT2D eigenvalue weighted by molar-refractivity contribution is 0.483. The quantitative estimate of drug-likeness (QED) is 0.802. The van der Waals surface area contributed by atoms with Gasteiger partial charge in [-0.05, 0) is 30.7 Å². The van der Waals surface area contributed by atoms with Gasteiger partial charge in [-0.1, -0.05) is 41.9 Å². The number of benzene rings is 2. The smallest absolute Gasteiger partial charge is 0.0724 e. The zero-order chi connectivity index (χ0) is 15.0. The first-order valence-electron chi connectivity index (χ1n) is 6.93. The number of nitrogens with zero attached hydrogens (tertiary/aromatic N) is 2. The van der Waals surface area contributed by atoms with Crippen LogP contribution in [0.5, 0.6) is 0 Å². The highest BCUT2D eigenvalue weighted by atomic mass is 35.5. The van der Waals surface area contributed by atoms with E-state index in [4.69, 9.17) is 17.3 Å². The number of aromatic nitrogens is 2. The van der Waals surface area contributed by atoms with Gasteiger partial charge in [-0.3, -0.25) is 4.68 Å². The van der Waals surface area contributed by atoms with Crippen LogP contribution in [-0.2, 0) is 19.0 Å². The summed E-state index contributed by atoms with van der Waals surface area (Å²) in [6, 6.07) is 15.9. The number of nitrogens with two attached hydrogens (primary N) is 1. The first-order chi connectivity index (χ1) is 9.97. The monoisotopic (exact) mass is 299 g/mol. The molecular formula is C17H18ClN3. The lowest BCUT2D eigenvalue weighted by Crippen LogP contribution is -2.35. The Labute approximate surface area is 129 Å². The standard InChI is InChI=1S/C17H18ClN3/c1-17(19,12-6-5-7-13(18)10-12)11-15-14-8-3-4-9-16(14)21(2)20-15/h3-10H,11,19H2,1-2H3. The van der Waals surface area contributed by atoms with Crippen molar-refractivity contribution in [1.82, 2.24) is 9.78 Å². The van der Waals surface area contributed by atoms with Crippen molar-refractivity contribution in [2.75, 3.05) is 0 Å². The Morgan fingerprint density at radius 1 is 1.19 bits per heavy atom. The van der Waals surface area contributed by atoms with E-state index in [1.54, 1.807) is 0 Å². The zero-order valence-electron chi connectivity index (χ0n) is 12.2. The van der Waals surface area contributed by atoms with Crippen LogP contribution in [0.15, 0.2) is 48.5 Å². The van der Waals surface area contributed by atoms with E-state index in [1.165, 1.54) is 0 Å². The van der Waals surface area contributed by atoms with Gasteiger partial charge in [-0.2, -0.15) is 5.10 Å². The van der Waals surface area contributed by atoms with E-state index in [0.29, 0.717) is 11.4 Å². The number of halogens is 1. The molecule has 0 saturated heterocycles. The third-order valence-corrected chi connectivity index (χ3v) is 4.09. The summed E-state index contributed by atoms with van der Waals surface area (Å²) in [5.41, 5.74) is 9.17. The van der Waals surface area contributed by atoms with Crippen LogP contribution in [0, 0.1) is 0 Å². The largest absolute Gasteiger partial charge is 0.321 e. The maximum atomic E-state index is 6.53. The van der Waals surface area contributed by atoms with Gasteiger partial charge in [0, 0.05) is 29.4 Å². The van der Waals surface area contributed by atoms with Crippen LogP contribution in [0.2, 0.25) is 5.02 Å². The second-order valence-electron chi connectivity index (χ2n) is 5.69. The SMILES string of the molecule is Cn1nc(CC(C)(N)c2cccc(Cl)c2)c2ccccc21. The fourth-order valence-electron chi connectivity index (χ4n) is 2.71. The van der Waals surface area contributed by atoms with Crippen LogP contribution >= 0.6 is 11.6 Å². The van der Waals surface area contributed by atoms with E-state index in [2.05, 4.69) is 17.2 Å². The van der Waals surface area contributed by atoms with Crippen molar-refractivity contribution in [3.05, 3.63) is 64.8 Å². The van der Waals surface area contributed by atoms with E-state index in [-0.39, 0.29) is 0 Å². The molecule has 0 aliphatic rings. The van der Waals surface area contributed by atoms with E-state index < -0.39 is 5.54 Å². The molecule has 2 aromatic carbocycles.